The van der Waals surface area contributed by atoms with Gasteiger partial charge in [-0.05, 0) is 6.08 Å². The molecule has 3 atom stereocenters. The number of aliphatic hydroxyl groups is 2. The molecule has 2 aromatic carbocycles. The summed E-state index contributed by atoms with van der Waals surface area (Å²) in [6.07, 6.45) is -0.269. The van der Waals surface area contributed by atoms with E-state index in [-0.39, 0.29) is 44.4 Å². The van der Waals surface area contributed by atoms with Crippen LogP contribution in [0.3, 0.4) is 0 Å². The summed E-state index contributed by atoms with van der Waals surface area (Å²) in [6, 6.07) is 19.1. The molecule has 1 aliphatic carbocycles. The molecule has 33 heavy (non-hydrogen) atoms. The number of aliphatic hydroxyl groups excluding tert-OH is 2. The Kier molecular flexibility index (Phi) is 7.20. The van der Waals surface area contributed by atoms with Gasteiger partial charge in [-0.25, -0.2) is 0 Å². The summed E-state index contributed by atoms with van der Waals surface area (Å²) in [7, 11) is 0. The molecule has 2 aliphatic rings. The molecular formula is C25H28N2O6. The molecule has 4 N–H and O–H groups in total. The molecule has 1 heterocycles. The first-order valence-corrected chi connectivity index (χ1v) is 11.0. The molecule has 8 nitrogen and oxygen atoms in total. The van der Waals surface area contributed by atoms with Crippen LogP contribution in [0.5, 0.6) is 0 Å². The molecule has 1 saturated heterocycles. The van der Waals surface area contributed by atoms with Crippen molar-refractivity contribution in [1.82, 2.24) is 10.6 Å². The summed E-state index contributed by atoms with van der Waals surface area (Å²) in [5, 5.41) is 24.8. The summed E-state index contributed by atoms with van der Waals surface area (Å²) in [5.41, 5.74) is 1.98. The number of amides is 2. The molecule has 2 amide bonds. The quantitative estimate of drug-likeness (QED) is 0.474. The number of carbonyl (C=O) groups is 2. The highest BCUT2D eigenvalue weighted by atomic mass is 16.8. The van der Waals surface area contributed by atoms with Gasteiger partial charge in [-0.15, -0.1) is 0 Å². The summed E-state index contributed by atoms with van der Waals surface area (Å²) in [4.78, 5) is 24.3. The van der Waals surface area contributed by atoms with E-state index in [2.05, 4.69) is 10.6 Å². The molecule has 0 saturated carbocycles. The first-order chi connectivity index (χ1) is 16.0. The molecule has 0 spiro atoms. The average Bonchev–Trinajstić information content (AvgIpc) is 3.25. The summed E-state index contributed by atoms with van der Waals surface area (Å²) in [5.74, 6) is -1.82. The Morgan fingerprint density at radius 1 is 0.939 bits per heavy atom. The maximum atomic E-state index is 12.7. The molecule has 8 heteroatoms. The van der Waals surface area contributed by atoms with E-state index in [0.29, 0.717) is 5.57 Å². The Morgan fingerprint density at radius 2 is 1.58 bits per heavy atom. The SMILES string of the molecule is O=C(CCNC(=O)C1=CC2OC(c3ccccc3)(c3ccccc3)OC2C(O)C1)NCCO. The molecule has 1 fully saturated rings. The second kappa shape index (κ2) is 10.3. The van der Waals surface area contributed by atoms with Crippen LogP contribution in [0, 0.1) is 0 Å². The lowest BCUT2D eigenvalue weighted by atomic mass is 9.92. The van der Waals surface area contributed by atoms with Gasteiger partial charge in [0.05, 0.1) is 12.7 Å². The fourth-order valence-electron chi connectivity index (χ4n) is 4.19. The standard InChI is InChI=1S/C25H28N2O6/c28-14-13-26-22(30)11-12-27-24(31)17-15-20(29)23-21(16-17)32-25(33-23,18-7-3-1-4-8-18)19-9-5-2-6-10-19/h1-10,16,20-21,23,28-29H,11-15H2,(H,26,30)(H,27,31). The number of carbonyl (C=O) groups excluding carboxylic acids is 2. The van der Waals surface area contributed by atoms with Gasteiger partial charge < -0.3 is 30.3 Å². The fraction of sp³-hybridized carbons (Fsp3) is 0.360. The van der Waals surface area contributed by atoms with E-state index >= 15 is 0 Å². The van der Waals surface area contributed by atoms with E-state index in [1.54, 1.807) is 6.08 Å². The molecule has 2 aromatic rings. The first kappa shape index (κ1) is 23.1. The van der Waals surface area contributed by atoms with Gasteiger partial charge >= 0.3 is 0 Å². The van der Waals surface area contributed by atoms with Crippen LogP contribution >= 0.6 is 0 Å². The van der Waals surface area contributed by atoms with Crippen LogP contribution in [0.15, 0.2) is 72.3 Å². The summed E-state index contributed by atoms with van der Waals surface area (Å²) in [6.45, 7) is 0.184. The zero-order valence-electron chi connectivity index (χ0n) is 18.1. The minimum absolute atomic E-state index is 0.0956. The van der Waals surface area contributed by atoms with Crippen molar-refractivity contribution in [2.45, 2.75) is 36.9 Å². The normalized spacial score (nSPS) is 23.3. The van der Waals surface area contributed by atoms with Crippen molar-refractivity contribution < 1.29 is 29.3 Å². The van der Waals surface area contributed by atoms with Gasteiger partial charge in [0.25, 0.3) is 0 Å². The van der Waals surface area contributed by atoms with Crippen molar-refractivity contribution in [2.75, 3.05) is 19.7 Å². The third-order valence-electron chi connectivity index (χ3n) is 5.77. The van der Waals surface area contributed by atoms with Crippen LogP contribution in [0.2, 0.25) is 0 Å². The average molecular weight is 453 g/mol. The van der Waals surface area contributed by atoms with E-state index in [0.717, 1.165) is 11.1 Å². The number of hydrogen-bond acceptors (Lipinski definition) is 6. The van der Waals surface area contributed by atoms with Gasteiger partial charge in [0.1, 0.15) is 12.2 Å². The number of nitrogens with one attached hydrogen (secondary N) is 2. The third kappa shape index (κ3) is 4.99. The molecule has 0 aromatic heterocycles. The number of benzene rings is 2. The number of rotatable bonds is 8. The van der Waals surface area contributed by atoms with Crippen LogP contribution in [-0.2, 0) is 24.8 Å². The van der Waals surface area contributed by atoms with E-state index in [1.807, 2.05) is 60.7 Å². The van der Waals surface area contributed by atoms with Crippen molar-refractivity contribution >= 4 is 11.8 Å². The highest BCUT2D eigenvalue weighted by Gasteiger charge is 2.53. The Bertz CT molecular complexity index is 955. The van der Waals surface area contributed by atoms with Crippen LogP contribution in [0.4, 0.5) is 0 Å². The van der Waals surface area contributed by atoms with Gasteiger partial charge in [0.2, 0.25) is 17.6 Å². The highest BCUT2D eigenvalue weighted by molar-refractivity contribution is 5.94. The Hall–Kier alpha value is -3.04. The summed E-state index contributed by atoms with van der Waals surface area (Å²) < 4.78 is 12.8. The highest BCUT2D eigenvalue weighted by Crippen LogP contribution is 2.46. The van der Waals surface area contributed by atoms with Crippen molar-refractivity contribution in [1.29, 1.82) is 0 Å². The Balaban J connectivity index is 1.51. The van der Waals surface area contributed by atoms with E-state index in [9.17, 15) is 14.7 Å². The second-order valence-corrected chi connectivity index (χ2v) is 8.06. The van der Waals surface area contributed by atoms with E-state index in [4.69, 9.17) is 14.6 Å². The Labute approximate surface area is 192 Å². The molecule has 0 radical (unpaired) electrons. The maximum Gasteiger partial charge on any atom is 0.247 e. The third-order valence-corrected chi connectivity index (χ3v) is 5.77. The molecule has 3 unspecified atom stereocenters. The van der Waals surface area contributed by atoms with Crippen LogP contribution in [0.1, 0.15) is 24.0 Å². The van der Waals surface area contributed by atoms with Gasteiger partial charge in [0.15, 0.2) is 0 Å². The monoisotopic (exact) mass is 452 g/mol. The number of fused-ring (bicyclic) bond motifs is 1. The fourth-order valence-corrected chi connectivity index (χ4v) is 4.19. The molecule has 174 valence electrons. The smallest absolute Gasteiger partial charge is 0.247 e. The zero-order chi connectivity index (χ0) is 23.3. The van der Waals surface area contributed by atoms with Crippen molar-refractivity contribution in [3.63, 3.8) is 0 Å². The number of ether oxygens (including phenoxy) is 2. The van der Waals surface area contributed by atoms with Crippen molar-refractivity contribution in [2.24, 2.45) is 0 Å². The number of hydrogen-bond donors (Lipinski definition) is 4. The van der Waals surface area contributed by atoms with Crippen molar-refractivity contribution in [3.05, 3.63) is 83.4 Å². The molecule has 0 bridgehead atoms. The van der Waals surface area contributed by atoms with Crippen LogP contribution in [-0.4, -0.2) is 60.0 Å². The second-order valence-electron chi connectivity index (χ2n) is 8.06. The predicted octanol–water partition coefficient (Wildman–Crippen LogP) is 0.977. The lowest BCUT2D eigenvalue weighted by Crippen LogP contribution is -2.41. The Morgan fingerprint density at radius 3 is 2.18 bits per heavy atom. The minimum atomic E-state index is -1.20. The minimum Gasteiger partial charge on any atom is -0.395 e. The van der Waals surface area contributed by atoms with Crippen LogP contribution in [0.25, 0.3) is 0 Å². The van der Waals surface area contributed by atoms with Gasteiger partial charge in [-0.2, -0.15) is 0 Å². The van der Waals surface area contributed by atoms with Gasteiger partial charge in [-0.1, -0.05) is 60.7 Å². The predicted molar refractivity (Wildman–Crippen MR) is 120 cm³/mol. The first-order valence-electron chi connectivity index (χ1n) is 11.0. The molecule has 4 rings (SSSR count). The molecular weight excluding hydrogens is 424 g/mol. The lowest BCUT2D eigenvalue weighted by Gasteiger charge is -2.29. The van der Waals surface area contributed by atoms with E-state index in [1.165, 1.54) is 0 Å². The van der Waals surface area contributed by atoms with E-state index < -0.39 is 24.1 Å². The summed E-state index contributed by atoms with van der Waals surface area (Å²) >= 11 is 0. The van der Waals surface area contributed by atoms with Crippen LogP contribution < -0.4 is 10.6 Å². The van der Waals surface area contributed by atoms with Gasteiger partial charge in [0, 0.05) is 42.6 Å². The lowest BCUT2D eigenvalue weighted by molar-refractivity contribution is -0.156. The molecule has 1 aliphatic heterocycles. The van der Waals surface area contributed by atoms with Gasteiger partial charge in [-0.3, -0.25) is 9.59 Å². The maximum absolute atomic E-state index is 12.7. The zero-order valence-corrected chi connectivity index (χ0v) is 18.1. The largest absolute Gasteiger partial charge is 0.395 e. The van der Waals surface area contributed by atoms with Crippen molar-refractivity contribution in [3.8, 4) is 0 Å². The topological polar surface area (TPSA) is 117 Å².